The van der Waals surface area contributed by atoms with Crippen LogP contribution in [-0.2, 0) is 22.7 Å². The molecule has 2 aliphatic rings. The molecule has 3 aromatic rings. The topological polar surface area (TPSA) is 134 Å². The highest BCUT2D eigenvalue weighted by Crippen LogP contribution is 2.32. The average Bonchev–Trinajstić information content (AvgIpc) is 3.28. The Balaban J connectivity index is 0.000000431. The first-order valence-electron chi connectivity index (χ1n) is 11.1. The highest BCUT2D eigenvalue weighted by atomic mass is 16.7. The van der Waals surface area contributed by atoms with Crippen molar-refractivity contribution in [2.75, 3.05) is 33.0 Å². The van der Waals surface area contributed by atoms with Crippen LogP contribution in [0.5, 0.6) is 11.5 Å². The molecular formula is C24H26N4O7. The Bertz CT molecular complexity index is 1290. The van der Waals surface area contributed by atoms with Gasteiger partial charge in [0.2, 0.25) is 6.79 Å². The third-order valence-electron chi connectivity index (χ3n) is 5.81. The predicted molar refractivity (Wildman–Crippen MR) is 125 cm³/mol. The summed E-state index contributed by atoms with van der Waals surface area (Å²) < 4.78 is 12.5. The summed E-state index contributed by atoms with van der Waals surface area (Å²) in [5, 5.41) is 14.8. The minimum Gasteiger partial charge on any atom is -0.473 e. The molecule has 5 rings (SSSR count). The number of hydrogen-bond acceptors (Lipinski definition) is 8. The molecule has 0 amide bonds. The fourth-order valence-corrected chi connectivity index (χ4v) is 4.08. The number of aliphatic carboxylic acids is 2. The summed E-state index contributed by atoms with van der Waals surface area (Å²) in [6.45, 7) is 7.73. The molecule has 11 nitrogen and oxygen atoms in total. The lowest BCUT2D eigenvalue weighted by Crippen LogP contribution is -2.45. The van der Waals surface area contributed by atoms with E-state index in [1.165, 1.54) is 5.56 Å². The summed E-state index contributed by atoms with van der Waals surface area (Å²) in [6, 6.07) is 13.6. The fourth-order valence-electron chi connectivity index (χ4n) is 4.08. The van der Waals surface area contributed by atoms with Gasteiger partial charge in [0.15, 0.2) is 11.5 Å². The zero-order chi connectivity index (χ0) is 24.9. The normalized spacial score (nSPS) is 15.5. The zero-order valence-corrected chi connectivity index (χ0v) is 19.2. The van der Waals surface area contributed by atoms with E-state index in [-0.39, 0.29) is 5.56 Å². The SMILES string of the molecule is Cc1cccc2nc(CN3CCN(Cc4ccc5c(c4)OCO5)CC3)cc(=O)n12.O=C(O)C(=O)O. The highest BCUT2D eigenvalue weighted by Gasteiger charge is 2.20. The van der Waals surface area contributed by atoms with Gasteiger partial charge in [-0.2, -0.15) is 0 Å². The maximum absolute atomic E-state index is 12.5. The van der Waals surface area contributed by atoms with Crippen molar-refractivity contribution in [3.63, 3.8) is 0 Å². The van der Waals surface area contributed by atoms with E-state index in [0.717, 1.165) is 55.6 Å². The van der Waals surface area contributed by atoms with Crippen molar-refractivity contribution in [2.24, 2.45) is 0 Å². The number of fused-ring (bicyclic) bond motifs is 2. The van der Waals surface area contributed by atoms with E-state index in [2.05, 4.69) is 21.9 Å². The number of aryl methyl sites for hydroxylation is 1. The summed E-state index contributed by atoms with van der Waals surface area (Å²) in [4.78, 5) is 40.2. The van der Waals surface area contributed by atoms with Crippen LogP contribution in [0.4, 0.5) is 0 Å². The summed E-state index contributed by atoms with van der Waals surface area (Å²) in [5.41, 5.74) is 3.69. The van der Waals surface area contributed by atoms with Gasteiger partial charge < -0.3 is 19.7 Å². The van der Waals surface area contributed by atoms with Gasteiger partial charge in [0.05, 0.1) is 5.69 Å². The van der Waals surface area contributed by atoms with E-state index in [4.69, 9.17) is 34.3 Å². The lowest BCUT2D eigenvalue weighted by atomic mass is 10.1. The molecule has 4 heterocycles. The molecule has 0 spiro atoms. The van der Waals surface area contributed by atoms with Crippen molar-refractivity contribution in [3.8, 4) is 11.5 Å². The van der Waals surface area contributed by atoms with Crippen molar-refractivity contribution >= 4 is 17.6 Å². The number of pyridine rings is 1. The van der Waals surface area contributed by atoms with Gasteiger partial charge in [0.1, 0.15) is 5.65 Å². The quantitative estimate of drug-likeness (QED) is 0.523. The van der Waals surface area contributed by atoms with Gasteiger partial charge in [-0.25, -0.2) is 14.6 Å². The number of nitrogens with zero attached hydrogens (tertiary/aromatic N) is 4. The smallest absolute Gasteiger partial charge is 0.414 e. The standard InChI is InChI=1S/C22H24N4O3.C2H2O4/c1-16-3-2-4-21-23-18(12-22(27)26(16)21)14-25-9-7-24(8-10-25)13-17-5-6-19-20(11-17)29-15-28-19;3-1(4)2(5)6/h2-6,11-12H,7-10,13-15H2,1H3;(H,3,4)(H,5,6). The van der Waals surface area contributed by atoms with Gasteiger partial charge in [-0.3, -0.25) is 19.0 Å². The molecule has 0 aliphatic carbocycles. The summed E-state index contributed by atoms with van der Waals surface area (Å²) in [7, 11) is 0. The molecule has 35 heavy (non-hydrogen) atoms. The third kappa shape index (κ3) is 5.94. The van der Waals surface area contributed by atoms with Crippen LogP contribution in [0.25, 0.3) is 5.65 Å². The second-order valence-corrected chi connectivity index (χ2v) is 8.30. The second-order valence-electron chi connectivity index (χ2n) is 8.30. The van der Waals surface area contributed by atoms with E-state index in [1.807, 2.05) is 31.2 Å². The zero-order valence-electron chi connectivity index (χ0n) is 19.2. The van der Waals surface area contributed by atoms with Gasteiger partial charge in [0, 0.05) is 51.0 Å². The lowest BCUT2D eigenvalue weighted by Gasteiger charge is -2.34. The number of rotatable bonds is 4. The molecule has 11 heteroatoms. The van der Waals surface area contributed by atoms with Crippen molar-refractivity contribution in [3.05, 3.63) is 69.8 Å². The van der Waals surface area contributed by atoms with Crippen molar-refractivity contribution in [2.45, 2.75) is 20.0 Å². The molecule has 0 radical (unpaired) electrons. The minimum atomic E-state index is -1.82. The van der Waals surface area contributed by atoms with Gasteiger partial charge in [-0.1, -0.05) is 12.1 Å². The Kier molecular flexibility index (Phi) is 7.28. The number of ether oxygens (including phenoxy) is 2. The number of piperazine rings is 1. The van der Waals surface area contributed by atoms with E-state index in [0.29, 0.717) is 19.0 Å². The van der Waals surface area contributed by atoms with Crippen molar-refractivity contribution in [1.29, 1.82) is 0 Å². The molecule has 0 atom stereocenters. The maximum Gasteiger partial charge on any atom is 0.414 e. The largest absolute Gasteiger partial charge is 0.473 e. The van der Waals surface area contributed by atoms with Crippen LogP contribution in [0.3, 0.4) is 0 Å². The van der Waals surface area contributed by atoms with Crippen LogP contribution in [-0.4, -0.2) is 74.3 Å². The van der Waals surface area contributed by atoms with Crippen LogP contribution in [0.1, 0.15) is 17.0 Å². The number of hydrogen-bond donors (Lipinski definition) is 2. The molecule has 0 bridgehead atoms. The maximum atomic E-state index is 12.5. The first-order valence-corrected chi connectivity index (χ1v) is 11.1. The van der Waals surface area contributed by atoms with Crippen LogP contribution in [0.15, 0.2) is 47.3 Å². The van der Waals surface area contributed by atoms with Crippen LogP contribution >= 0.6 is 0 Å². The van der Waals surface area contributed by atoms with E-state index in [9.17, 15) is 4.79 Å². The Morgan fingerprint density at radius 1 is 0.914 bits per heavy atom. The molecule has 1 saturated heterocycles. The molecule has 1 fully saturated rings. The molecule has 184 valence electrons. The first-order chi connectivity index (χ1) is 16.8. The van der Waals surface area contributed by atoms with Gasteiger partial charge in [-0.15, -0.1) is 0 Å². The van der Waals surface area contributed by atoms with E-state index < -0.39 is 11.9 Å². The molecule has 0 saturated carbocycles. The molecule has 2 aliphatic heterocycles. The molecule has 1 aromatic carbocycles. The first kappa shape index (κ1) is 24.2. The van der Waals surface area contributed by atoms with E-state index >= 15 is 0 Å². The second kappa shape index (κ2) is 10.5. The summed E-state index contributed by atoms with van der Waals surface area (Å²) in [5.74, 6) is -1.98. The van der Waals surface area contributed by atoms with E-state index in [1.54, 1.807) is 10.5 Å². The number of carboxylic acids is 2. The van der Waals surface area contributed by atoms with Crippen LogP contribution in [0, 0.1) is 6.92 Å². The minimum absolute atomic E-state index is 0.00968. The van der Waals surface area contributed by atoms with Gasteiger partial charge >= 0.3 is 11.9 Å². The van der Waals surface area contributed by atoms with Crippen molar-refractivity contribution < 1.29 is 29.3 Å². The molecular weight excluding hydrogens is 456 g/mol. The van der Waals surface area contributed by atoms with Crippen molar-refractivity contribution in [1.82, 2.24) is 19.2 Å². The van der Waals surface area contributed by atoms with Gasteiger partial charge in [-0.05, 0) is 36.8 Å². The molecule has 0 unspecified atom stereocenters. The van der Waals surface area contributed by atoms with Crippen LogP contribution < -0.4 is 15.0 Å². The Labute approximate surface area is 200 Å². The average molecular weight is 482 g/mol. The Morgan fingerprint density at radius 3 is 2.26 bits per heavy atom. The molecule has 2 N–H and O–H groups in total. The van der Waals surface area contributed by atoms with Crippen LogP contribution in [0.2, 0.25) is 0 Å². The number of carboxylic acid groups (broad SMARTS) is 2. The Morgan fingerprint density at radius 2 is 1.57 bits per heavy atom. The number of carbonyl (C=O) groups is 2. The third-order valence-corrected chi connectivity index (χ3v) is 5.81. The monoisotopic (exact) mass is 482 g/mol. The fraction of sp³-hybridized carbons (Fsp3) is 0.333. The number of benzene rings is 1. The van der Waals surface area contributed by atoms with Gasteiger partial charge in [0.25, 0.3) is 5.56 Å². The Hall–Kier alpha value is -3.96. The summed E-state index contributed by atoms with van der Waals surface area (Å²) in [6.07, 6.45) is 0. The number of aromatic nitrogens is 2. The predicted octanol–water partition coefficient (Wildman–Crippen LogP) is 1.21. The lowest BCUT2D eigenvalue weighted by molar-refractivity contribution is -0.159. The highest BCUT2D eigenvalue weighted by molar-refractivity contribution is 6.27. The molecule has 2 aromatic heterocycles. The summed E-state index contributed by atoms with van der Waals surface area (Å²) >= 11 is 0.